The van der Waals surface area contributed by atoms with E-state index in [4.69, 9.17) is 9.84 Å². The molecule has 1 aliphatic rings. The van der Waals surface area contributed by atoms with Crippen LogP contribution in [0.15, 0.2) is 30.6 Å². The third kappa shape index (κ3) is 5.24. The maximum absolute atomic E-state index is 12.4. The lowest BCUT2D eigenvalue weighted by Crippen LogP contribution is -2.41. The first-order valence-electron chi connectivity index (χ1n) is 8.90. The standard InChI is InChI=1S/C19H21F3N2O3/c20-19(21,22)7-1-2-13-11-23-12-14-3-4-16(10-17(13)14)27-15-5-8-24(9-6-15)18(25)26/h3-4,10-12,15H,1-2,5-9H2,(H,25,26). The first-order valence-corrected chi connectivity index (χ1v) is 8.90. The monoisotopic (exact) mass is 382 g/mol. The van der Waals surface area contributed by atoms with Crippen LogP contribution in [0.5, 0.6) is 5.75 Å². The van der Waals surface area contributed by atoms with E-state index in [0.717, 1.165) is 16.3 Å². The van der Waals surface area contributed by atoms with Gasteiger partial charge in [-0.05, 0) is 42.0 Å². The van der Waals surface area contributed by atoms with Gasteiger partial charge in [0, 0.05) is 50.1 Å². The van der Waals surface area contributed by atoms with E-state index in [-0.39, 0.29) is 12.5 Å². The van der Waals surface area contributed by atoms with Crippen molar-refractivity contribution in [1.82, 2.24) is 9.88 Å². The molecule has 0 aliphatic carbocycles. The lowest BCUT2D eigenvalue weighted by atomic mass is 10.0. The summed E-state index contributed by atoms with van der Waals surface area (Å²) in [6.45, 7) is 0.861. The highest BCUT2D eigenvalue weighted by Gasteiger charge is 2.26. The van der Waals surface area contributed by atoms with Crippen LogP contribution in [0, 0.1) is 0 Å². The van der Waals surface area contributed by atoms with Crippen LogP contribution in [-0.4, -0.2) is 46.5 Å². The molecule has 0 unspecified atom stereocenters. The number of likely N-dealkylation sites (tertiary alicyclic amines) is 1. The number of benzene rings is 1. The molecule has 1 saturated heterocycles. The van der Waals surface area contributed by atoms with E-state index in [1.165, 1.54) is 4.90 Å². The summed E-state index contributed by atoms with van der Waals surface area (Å²) in [5.74, 6) is 0.638. The molecular weight excluding hydrogens is 361 g/mol. The van der Waals surface area contributed by atoms with Gasteiger partial charge in [-0.1, -0.05) is 0 Å². The van der Waals surface area contributed by atoms with Crippen molar-refractivity contribution in [1.29, 1.82) is 0 Å². The normalized spacial score (nSPS) is 15.9. The predicted molar refractivity (Wildman–Crippen MR) is 94.0 cm³/mol. The summed E-state index contributed by atoms with van der Waals surface area (Å²) in [6, 6.07) is 5.49. The van der Waals surface area contributed by atoms with Gasteiger partial charge >= 0.3 is 12.3 Å². The number of aromatic nitrogens is 1. The fourth-order valence-corrected chi connectivity index (χ4v) is 3.31. The molecular formula is C19H21F3N2O3. The molecule has 5 nitrogen and oxygen atoms in total. The quantitative estimate of drug-likeness (QED) is 0.818. The van der Waals surface area contributed by atoms with Crippen molar-refractivity contribution < 1.29 is 27.8 Å². The van der Waals surface area contributed by atoms with Gasteiger partial charge in [0.25, 0.3) is 0 Å². The Morgan fingerprint density at radius 1 is 1.26 bits per heavy atom. The Labute approximate surface area is 154 Å². The summed E-state index contributed by atoms with van der Waals surface area (Å²) in [6.07, 6.45) is -1.15. The number of pyridine rings is 1. The molecule has 0 spiro atoms. The molecule has 1 fully saturated rings. The molecule has 0 saturated carbocycles. The minimum atomic E-state index is -4.16. The van der Waals surface area contributed by atoms with Crippen LogP contribution in [0.1, 0.15) is 31.2 Å². The van der Waals surface area contributed by atoms with Crippen molar-refractivity contribution in [3.8, 4) is 5.75 Å². The largest absolute Gasteiger partial charge is 0.490 e. The molecule has 27 heavy (non-hydrogen) atoms. The highest BCUT2D eigenvalue weighted by molar-refractivity contribution is 5.86. The van der Waals surface area contributed by atoms with Gasteiger partial charge in [-0.3, -0.25) is 4.98 Å². The number of hydrogen-bond donors (Lipinski definition) is 1. The molecule has 0 atom stereocenters. The Hall–Kier alpha value is -2.51. The number of ether oxygens (including phenoxy) is 1. The summed E-state index contributed by atoms with van der Waals surface area (Å²) < 4.78 is 43.2. The number of amides is 1. The van der Waals surface area contributed by atoms with Gasteiger partial charge in [-0.25, -0.2) is 4.79 Å². The number of piperidine rings is 1. The van der Waals surface area contributed by atoms with Crippen molar-refractivity contribution in [2.75, 3.05) is 13.1 Å². The van der Waals surface area contributed by atoms with E-state index in [0.29, 0.717) is 38.1 Å². The molecule has 2 heterocycles. The summed E-state index contributed by atoms with van der Waals surface area (Å²) in [5.41, 5.74) is 0.767. The number of carboxylic acid groups (broad SMARTS) is 1. The molecule has 0 radical (unpaired) electrons. The second-order valence-electron chi connectivity index (χ2n) is 6.74. The molecule has 8 heteroatoms. The third-order valence-corrected chi connectivity index (χ3v) is 4.74. The van der Waals surface area contributed by atoms with Gasteiger partial charge < -0.3 is 14.7 Å². The number of fused-ring (bicyclic) bond motifs is 1. The van der Waals surface area contributed by atoms with E-state index < -0.39 is 18.7 Å². The van der Waals surface area contributed by atoms with Gasteiger partial charge in [0.2, 0.25) is 0 Å². The van der Waals surface area contributed by atoms with Crippen LogP contribution in [0.25, 0.3) is 10.8 Å². The Kier molecular flexibility index (Phi) is 5.72. The van der Waals surface area contributed by atoms with Crippen molar-refractivity contribution in [3.05, 3.63) is 36.2 Å². The third-order valence-electron chi connectivity index (χ3n) is 4.74. The van der Waals surface area contributed by atoms with E-state index in [1.54, 1.807) is 12.4 Å². The summed E-state index contributed by atoms with van der Waals surface area (Å²) >= 11 is 0. The van der Waals surface area contributed by atoms with Crippen LogP contribution < -0.4 is 4.74 Å². The molecule has 146 valence electrons. The number of hydrogen-bond acceptors (Lipinski definition) is 3. The Bertz CT molecular complexity index is 802. The second kappa shape index (κ2) is 8.02. The lowest BCUT2D eigenvalue weighted by molar-refractivity contribution is -0.135. The minimum Gasteiger partial charge on any atom is -0.490 e. The predicted octanol–water partition coefficient (Wildman–Crippen LogP) is 4.64. The molecule has 1 aromatic carbocycles. The van der Waals surface area contributed by atoms with Gasteiger partial charge in [0.05, 0.1) is 0 Å². The molecule has 1 aliphatic heterocycles. The van der Waals surface area contributed by atoms with Gasteiger partial charge in [-0.15, -0.1) is 0 Å². The minimum absolute atomic E-state index is 0.0169. The van der Waals surface area contributed by atoms with E-state index >= 15 is 0 Å². The second-order valence-corrected chi connectivity index (χ2v) is 6.74. The smallest absolute Gasteiger partial charge is 0.407 e. The molecule has 0 bridgehead atoms. The summed E-state index contributed by atoms with van der Waals surface area (Å²) in [7, 11) is 0. The topological polar surface area (TPSA) is 62.7 Å². The molecule has 1 N–H and O–H groups in total. The Balaban J connectivity index is 1.68. The first-order chi connectivity index (χ1) is 12.8. The van der Waals surface area contributed by atoms with Gasteiger partial charge in [0.1, 0.15) is 11.9 Å². The highest BCUT2D eigenvalue weighted by atomic mass is 19.4. The van der Waals surface area contributed by atoms with E-state index in [1.807, 2.05) is 18.2 Å². The van der Waals surface area contributed by atoms with Crippen molar-refractivity contribution in [2.45, 2.75) is 44.4 Å². The number of rotatable bonds is 5. The summed E-state index contributed by atoms with van der Waals surface area (Å²) in [5, 5.41) is 10.7. The van der Waals surface area contributed by atoms with Crippen LogP contribution in [0.2, 0.25) is 0 Å². The fourth-order valence-electron chi connectivity index (χ4n) is 3.31. The van der Waals surface area contributed by atoms with Gasteiger partial charge in [-0.2, -0.15) is 13.2 Å². The summed E-state index contributed by atoms with van der Waals surface area (Å²) in [4.78, 5) is 16.4. The Morgan fingerprint density at radius 3 is 2.67 bits per heavy atom. The van der Waals surface area contributed by atoms with Crippen molar-refractivity contribution in [3.63, 3.8) is 0 Å². The Morgan fingerprint density at radius 2 is 2.00 bits per heavy atom. The first kappa shape index (κ1) is 19.3. The lowest BCUT2D eigenvalue weighted by Gasteiger charge is -2.30. The average molecular weight is 382 g/mol. The van der Waals surface area contributed by atoms with Crippen LogP contribution in [0.4, 0.5) is 18.0 Å². The fraction of sp³-hybridized carbons (Fsp3) is 0.474. The molecule has 1 amide bonds. The van der Waals surface area contributed by atoms with Crippen LogP contribution in [0.3, 0.4) is 0 Å². The van der Waals surface area contributed by atoms with E-state index in [2.05, 4.69) is 4.98 Å². The molecule has 2 aromatic rings. The zero-order valence-electron chi connectivity index (χ0n) is 14.7. The van der Waals surface area contributed by atoms with Gasteiger partial charge in [0.15, 0.2) is 0 Å². The van der Waals surface area contributed by atoms with Crippen LogP contribution >= 0.6 is 0 Å². The number of alkyl halides is 3. The van der Waals surface area contributed by atoms with E-state index in [9.17, 15) is 18.0 Å². The number of aryl methyl sites for hydroxylation is 1. The number of nitrogens with zero attached hydrogens (tertiary/aromatic N) is 2. The maximum Gasteiger partial charge on any atom is 0.407 e. The van der Waals surface area contributed by atoms with Crippen molar-refractivity contribution in [2.24, 2.45) is 0 Å². The average Bonchev–Trinajstić information content (AvgIpc) is 2.61. The van der Waals surface area contributed by atoms with Crippen molar-refractivity contribution >= 4 is 16.9 Å². The highest BCUT2D eigenvalue weighted by Crippen LogP contribution is 2.28. The maximum atomic E-state index is 12.4. The number of halogens is 3. The SMILES string of the molecule is O=C(O)N1CCC(Oc2ccc3cncc(CCCC(F)(F)F)c3c2)CC1. The molecule has 1 aromatic heterocycles. The number of carbonyl (C=O) groups is 1. The zero-order valence-corrected chi connectivity index (χ0v) is 14.7. The molecule has 3 rings (SSSR count). The van der Waals surface area contributed by atoms with Crippen LogP contribution in [-0.2, 0) is 6.42 Å². The zero-order chi connectivity index (χ0) is 19.4.